The van der Waals surface area contributed by atoms with Gasteiger partial charge in [-0.2, -0.15) is 0 Å². The molecule has 0 aliphatic rings. The van der Waals surface area contributed by atoms with Crippen molar-refractivity contribution in [3.8, 4) is 0 Å². The van der Waals surface area contributed by atoms with Crippen molar-refractivity contribution in [3.63, 3.8) is 0 Å². The van der Waals surface area contributed by atoms with E-state index in [1.54, 1.807) is 0 Å². The lowest BCUT2D eigenvalue weighted by Gasteiger charge is -2.24. The van der Waals surface area contributed by atoms with E-state index in [9.17, 15) is 4.79 Å². The normalized spacial score (nSPS) is 11.6. The molecule has 18 heavy (non-hydrogen) atoms. The number of hydrogen-bond donors (Lipinski definition) is 3. The molecule has 4 nitrogen and oxygen atoms in total. The van der Waals surface area contributed by atoms with Crippen LogP contribution in [0.4, 0.5) is 0 Å². The molecule has 0 unspecified atom stereocenters. The molecule has 4 N–H and O–H groups in total. The smallest absolute Gasteiger partial charge is 0.220 e. The highest BCUT2D eigenvalue weighted by atomic mass is 16.2. The van der Waals surface area contributed by atoms with E-state index in [0.717, 1.165) is 45.1 Å². The molecular formula is C14H30N2O2. The number of nitrogens with two attached hydrogens (primary N) is 1. The Morgan fingerprint density at radius 3 is 2.44 bits per heavy atom. The van der Waals surface area contributed by atoms with E-state index in [-0.39, 0.29) is 17.9 Å². The van der Waals surface area contributed by atoms with Gasteiger partial charge in [0.2, 0.25) is 5.91 Å². The second kappa shape index (κ2) is 10.3. The number of aliphatic hydroxyl groups excluding tert-OH is 1. The van der Waals surface area contributed by atoms with E-state index in [2.05, 4.69) is 19.2 Å². The third kappa shape index (κ3) is 10.5. The Morgan fingerprint density at radius 2 is 1.83 bits per heavy atom. The lowest BCUT2D eigenvalue weighted by atomic mass is 9.88. The first-order valence-electron chi connectivity index (χ1n) is 7.09. The standard InChI is InChI=1S/C14H30N2O2/c1-14(2,9-7-11-17)12-16-13(18)8-5-3-4-6-10-15/h17H,3-12,15H2,1-2H3,(H,16,18). The second-order valence-electron chi connectivity index (χ2n) is 5.72. The Morgan fingerprint density at radius 1 is 1.17 bits per heavy atom. The lowest BCUT2D eigenvalue weighted by molar-refractivity contribution is -0.121. The molecule has 0 bridgehead atoms. The van der Waals surface area contributed by atoms with Gasteiger partial charge in [0, 0.05) is 19.6 Å². The van der Waals surface area contributed by atoms with E-state index in [1.165, 1.54) is 0 Å². The van der Waals surface area contributed by atoms with Gasteiger partial charge in [-0.05, 0) is 37.6 Å². The number of rotatable bonds is 11. The number of unbranched alkanes of at least 4 members (excludes halogenated alkanes) is 3. The van der Waals surface area contributed by atoms with Crippen molar-refractivity contribution >= 4 is 5.91 Å². The van der Waals surface area contributed by atoms with E-state index in [0.29, 0.717) is 13.0 Å². The van der Waals surface area contributed by atoms with E-state index < -0.39 is 0 Å². The van der Waals surface area contributed by atoms with Gasteiger partial charge in [-0.15, -0.1) is 0 Å². The third-order valence-electron chi connectivity index (χ3n) is 3.13. The Labute approximate surface area is 111 Å². The van der Waals surface area contributed by atoms with E-state index in [1.807, 2.05) is 0 Å². The van der Waals surface area contributed by atoms with Crippen molar-refractivity contribution in [1.29, 1.82) is 0 Å². The highest BCUT2D eigenvalue weighted by molar-refractivity contribution is 5.75. The third-order valence-corrected chi connectivity index (χ3v) is 3.13. The summed E-state index contributed by atoms with van der Waals surface area (Å²) < 4.78 is 0. The summed E-state index contributed by atoms with van der Waals surface area (Å²) in [5, 5.41) is 11.8. The molecule has 0 aromatic carbocycles. The van der Waals surface area contributed by atoms with E-state index >= 15 is 0 Å². The Kier molecular flexibility index (Phi) is 9.98. The van der Waals surface area contributed by atoms with Crippen LogP contribution in [0.1, 0.15) is 58.8 Å². The average molecular weight is 258 g/mol. The summed E-state index contributed by atoms with van der Waals surface area (Å²) in [6, 6.07) is 0. The number of amides is 1. The molecule has 0 aromatic heterocycles. The van der Waals surface area contributed by atoms with Crippen LogP contribution in [0.25, 0.3) is 0 Å². The Balaban J connectivity index is 3.56. The molecule has 0 saturated heterocycles. The molecule has 108 valence electrons. The maximum Gasteiger partial charge on any atom is 0.220 e. The van der Waals surface area contributed by atoms with Gasteiger partial charge >= 0.3 is 0 Å². The SMILES string of the molecule is CC(C)(CCCO)CNC(=O)CCCCCCN. The highest BCUT2D eigenvalue weighted by Crippen LogP contribution is 2.20. The molecule has 4 heteroatoms. The van der Waals surface area contributed by atoms with Gasteiger partial charge in [-0.25, -0.2) is 0 Å². The average Bonchev–Trinajstić information content (AvgIpc) is 2.34. The zero-order valence-corrected chi connectivity index (χ0v) is 12.0. The molecular weight excluding hydrogens is 228 g/mol. The number of hydrogen-bond acceptors (Lipinski definition) is 3. The molecule has 0 rings (SSSR count). The summed E-state index contributed by atoms with van der Waals surface area (Å²) in [6.07, 6.45) is 6.53. The van der Waals surface area contributed by atoms with Gasteiger partial charge in [0.05, 0.1) is 0 Å². The molecule has 1 amide bonds. The first-order valence-corrected chi connectivity index (χ1v) is 7.09. The van der Waals surface area contributed by atoms with Crippen LogP contribution in [0, 0.1) is 5.41 Å². The summed E-state index contributed by atoms with van der Waals surface area (Å²) >= 11 is 0. The topological polar surface area (TPSA) is 75.3 Å². The molecule has 0 aliphatic heterocycles. The maximum absolute atomic E-state index is 11.6. The zero-order valence-electron chi connectivity index (χ0n) is 12.0. The van der Waals surface area contributed by atoms with Crippen molar-refractivity contribution in [2.45, 2.75) is 58.8 Å². The number of carbonyl (C=O) groups excluding carboxylic acids is 1. The minimum absolute atomic E-state index is 0.0674. The molecule has 0 fully saturated rings. The molecule has 0 radical (unpaired) electrons. The lowest BCUT2D eigenvalue weighted by Crippen LogP contribution is -2.34. The maximum atomic E-state index is 11.6. The van der Waals surface area contributed by atoms with Crippen LogP contribution in [0.2, 0.25) is 0 Å². The highest BCUT2D eigenvalue weighted by Gasteiger charge is 2.17. The zero-order chi connectivity index (χ0) is 13.9. The minimum Gasteiger partial charge on any atom is -0.396 e. The first kappa shape index (κ1) is 17.4. The van der Waals surface area contributed by atoms with Crippen LogP contribution >= 0.6 is 0 Å². The van der Waals surface area contributed by atoms with Crippen LogP contribution in [-0.2, 0) is 4.79 Å². The molecule has 0 aliphatic carbocycles. The first-order chi connectivity index (χ1) is 8.52. The summed E-state index contributed by atoms with van der Waals surface area (Å²) in [6.45, 7) is 5.88. The van der Waals surface area contributed by atoms with Crippen molar-refractivity contribution in [2.75, 3.05) is 19.7 Å². The number of nitrogens with one attached hydrogen (secondary N) is 1. The van der Waals surface area contributed by atoms with Crippen LogP contribution in [0.3, 0.4) is 0 Å². The second-order valence-corrected chi connectivity index (χ2v) is 5.72. The minimum atomic E-state index is 0.0674. The van der Waals surface area contributed by atoms with Gasteiger partial charge in [0.15, 0.2) is 0 Å². The number of aliphatic hydroxyl groups is 1. The van der Waals surface area contributed by atoms with Crippen LogP contribution in [-0.4, -0.2) is 30.7 Å². The summed E-state index contributed by atoms with van der Waals surface area (Å²) in [5.74, 6) is 0.139. The van der Waals surface area contributed by atoms with Crippen LogP contribution < -0.4 is 11.1 Å². The van der Waals surface area contributed by atoms with Crippen LogP contribution in [0.5, 0.6) is 0 Å². The van der Waals surface area contributed by atoms with Crippen molar-refractivity contribution < 1.29 is 9.90 Å². The van der Waals surface area contributed by atoms with Crippen molar-refractivity contribution in [3.05, 3.63) is 0 Å². The summed E-state index contributed by atoms with van der Waals surface area (Å²) in [4.78, 5) is 11.6. The molecule has 0 aromatic rings. The molecule has 0 atom stereocenters. The Bertz CT molecular complexity index is 218. The van der Waals surface area contributed by atoms with Gasteiger partial charge in [-0.3, -0.25) is 4.79 Å². The fraction of sp³-hybridized carbons (Fsp3) is 0.929. The van der Waals surface area contributed by atoms with Crippen LogP contribution in [0.15, 0.2) is 0 Å². The molecule has 0 heterocycles. The van der Waals surface area contributed by atoms with Gasteiger partial charge in [0.1, 0.15) is 0 Å². The predicted octanol–water partition coefficient (Wildman–Crippen LogP) is 1.81. The monoisotopic (exact) mass is 258 g/mol. The fourth-order valence-electron chi connectivity index (χ4n) is 1.86. The van der Waals surface area contributed by atoms with Gasteiger partial charge < -0.3 is 16.2 Å². The summed E-state index contributed by atoms with van der Waals surface area (Å²) in [5.41, 5.74) is 5.48. The van der Waals surface area contributed by atoms with Gasteiger partial charge in [-0.1, -0.05) is 26.7 Å². The summed E-state index contributed by atoms with van der Waals surface area (Å²) in [7, 11) is 0. The van der Waals surface area contributed by atoms with Crippen molar-refractivity contribution in [2.24, 2.45) is 11.1 Å². The largest absolute Gasteiger partial charge is 0.396 e. The fourth-order valence-corrected chi connectivity index (χ4v) is 1.86. The Hall–Kier alpha value is -0.610. The molecule has 0 spiro atoms. The number of carbonyl (C=O) groups is 1. The van der Waals surface area contributed by atoms with Crippen molar-refractivity contribution in [1.82, 2.24) is 5.32 Å². The molecule has 0 saturated carbocycles. The quantitative estimate of drug-likeness (QED) is 0.495. The van der Waals surface area contributed by atoms with Gasteiger partial charge in [0.25, 0.3) is 0 Å². The predicted molar refractivity (Wildman–Crippen MR) is 75.2 cm³/mol. The van der Waals surface area contributed by atoms with E-state index in [4.69, 9.17) is 10.8 Å².